The number of carbonyl (C=O) groups is 1. The van der Waals surface area contributed by atoms with E-state index in [0.29, 0.717) is 29.3 Å². The number of imidazole rings is 1. The van der Waals surface area contributed by atoms with Gasteiger partial charge in [-0.3, -0.25) is 9.20 Å². The van der Waals surface area contributed by atoms with E-state index in [4.69, 9.17) is 22.1 Å². The first kappa shape index (κ1) is 24.4. The quantitative estimate of drug-likeness (QED) is 0.411. The third-order valence-electron chi connectivity index (χ3n) is 5.25. The number of nitrogens with one attached hydrogen (secondary N) is 1. The zero-order valence-electron chi connectivity index (χ0n) is 19.2. The molecule has 0 fully saturated rings. The summed E-state index contributed by atoms with van der Waals surface area (Å²) in [5.41, 5.74) is 12.2. The first-order valence-electron chi connectivity index (χ1n) is 10.5. The Kier molecular flexibility index (Phi) is 8.16. The summed E-state index contributed by atoms with van der Waals surface area (Å²) in [6, 6.07) is 13.7. The van der Waals surface area contributed by atoms with E-state index in [1.165, 1.54) is 5.56 Å². The highest BCUT2D eigenvalue weighted by Gasteiger charge is 2.17. The molecule has 0 atom stereocenters. The van der Waals surface area contributed by atoms with Crippen LogP contribution in [0.5, 0.6) is 5.75 Å². The number of aryl methyl sites for hydroxylation is 2. The van der Waals surface area contributed by atoms with Crippen molar-refractivity contribution in [1.29, 1.82) is 0 Å². The van der Waals surface area contributed by atoms with Crippen molar-refractivity contribution in [2.24, 2.45) is 5.73 Å². The van der Waals surface area contributed by atoms with Crippen molar-refractivity contribution < 1.29 is 9.53 Å². The van der Waals surface area contributed by atoms with Crippen LogP contribution < -0.4 is 15.8 Å². The number of nitrogens with zero attached hydrogens (tertiary/aromatic N) is 3. The van der Waals surface area contributed by atoms with Crippen LogP contribution in [0.25, 0.3) is 17.0 Å². The van der Waals surface area contributed by atoms with E-state index in [9.17, 15) is 4.79 Å². The van der Waals surface area contributed by atoms with Gasteiger partial charge in [0.15, 0.2) is 6.29 Å². The second-order valence-electron chi connectivity index (χ2n) is 7.52. The summed E-state index contributed by atoms with van der Waals surface area (Å²) in [6.45, 7) is 5.14. The maximum absolute atomic E-state index is 11.0. The summed E-state index contributed by atoms with van der Waals surface area (Å²) in [5.74, 6) is 1.39. The predicted molar refractivity (Wildman–Crippen MR) is 132 cm³/mol. The lowest BCUT2D eigenvalue weighted by molar-refractivity contribution is 0.111. The molecule has 4 rings (SSSR count). The fourth-order valence-electron chi connectivity index (χ4n) is 3.60. The highest BCUT2D eigenvalue weighted by molar-refractivity contribution is 6.30. The van der Waals surface area contributed by atoms with Gasteiger partial charge in [-0.2, -0.15) is 0 Å². The molecule has 0 aliphatic carbocycles. The lowest BCUT2D eigenvalue weighted by Gasteiger charge is -2.15. The van der Waals surface area contributed by atoms with Crippen molar-refractivity contribution in [3.05, 3.63) is 81.8 Å². The van der Waals surface area contributed by atoms with Crippen LogP contribution in [0, 0.1) is 13.8 Å². The number of aldehydes is 1. The van der Waals surface area contributed by atoms with Crippen LogP contribution in [-0.4, -0.2) is 34.8 Å². The van der Waals surface area contributed by atoms with Crippen LogP contribution in [0.3, 0.4) is 0 Å². The Labute approximate surface area is 198 Å². The molecule has 2 aromatic carbocycles. The van der Waals surface area contributed by atoms with Crippen molar-refractivity contribution in [3.8, 4) is 17.0 Å². The molecule has 0 aliphatic rings. The van der Waals surface area contributed by atoms with Crippen LogP contribution in [0.1, 0.15) is 32.9 Å². The highest BCUT2D eigenvalue weighted by atomic mass is 35.5. The Balaban J connectivity index is 0.000000235. The molecular formula is C25H28ClN5O2. The van der Waals surface area contributed by atoms with Gasteiger partial charge >= 0.3 is 0 Å². The van der Waals surface area contributed by atoms with E-state index in [-0.39, 0.29) is 0 Å². The number of halogens is 1. The first-order valence-corrected chi connectivity index (χ1v) is 10.9. The van der Waals surface area contributed by atoms with Crippen molar-refractivity contribution >= 4 is 23.7 Å². The zero-order valence-corrected chi connectivity index (χ0v) is 20.0. The standard InChI is InChI=1S/C16H15ClN4O.C9H13NO/c1-9-5-11(17)3-4-13(9)15-14(6-18)10(2)19-16-20-12(8-22)7-21(15)16;1-10-7-8-3-5-9(11-2)6-4-8/h3-5,7-8H,6,18H2,1-2H3;3-6,10H,7H2,1-2H3. The number of aromatic nitrogens is 3. The number of hydrogen-bond acceptors (Lipinski definition) is 6. The van der Waals surface area contributed by atoms with Gasteiger partial charge in [0.2, 0.25) is 5.78 Å². The Morgan fingerprint density at radius 1 is 1.15 bits per heavy atom. The molecule has 0 aliphatic heterocycles. The van der Waals surface area contributed by atoms with Gasteiger partial charge in [0.1, 0.15) is 11.4 Å². The molecule has 7 nitrogen and oxygen atoms in total. The monoisotopic (exact) mass is 465 g/mol. The van der Waals surface area contributed by atoms with E-state index in [1.54, 1.807) is 13.3 Å². The third-order valence-corrected chi connectivity index (χ3v) is 5.48. The predicted octanol–water partition coefficient (Wildman–Crippen LogP) is 4.35. The molecule has 0 radical (unpaired) electrons. The van der Waals surface area contributed by atoms with Crippen molar-refractivity contribution in [2.45, 2.75) is 26.9 Å². The van der Waals surface area contributed by atoms with E-state index >= 15 is 0 Å². The normalized spacial score (nSPS) is 10.6. The van der Waals surface area contributed by atoms with Gasteiger partial charge in [-0.25, -0.2) is 9.97 Å². The molecule has 8 heteroatoms. The number of benzene rings is 2. The number of ether oxygens (including phenoxy) is 1. The van der Waals surface area contributed by atoms with Crippen LogP contribution in [0.4, 0.5) is 0 Å². The second-order valence-corrected chi connectivity index (χ2v) is 7.96. The summed E-state index contributed by atoms with van der Waals surface area (Å²) in [6.07, 6.45) is 2.39. The van der Waals surface area contributed by atoms with Crippen LogP contribution in [0.15, 0.2) is 48.7 Å². The van der Waals surface area contributed by atoms with Gasteiger partial charge in [-0.15, -0.1) is 0 Å². The van der Waals surface area contributed by atoms with E-state index in [0.717, 1.165) is 40.4 Å². The fourth-order valence-corrected chi connectivity index (χ4v) is 3.83. The molecule has 4 aromatic rings. The number of methoxy groups -OCH3 is 1. The van der Waals surface area contributed by atoms with Crippen LogP contribution in [0.2, 0.25) is 5.02 Å². The molecule has 0 amide bonds. The van der Waals surface area contributed by atoms with Gasteiger partial charge in [0.05, 0.1) is 12.8 Å². The molecule has 2 heterocycles. The number of rotatable bonds is 6. The van der Waals surface area contributed by atoms with Crippen molar-refractivity contribution in [2.75, 3.05) is 14.2 Å². The number of carbonyl (C=O) groups excluding carboxylic acids is 1. The number of hydrogen-bond donors (Lipinski definition) is 2. The van der Waals surface area contributed by atoms with Crippen LogP contribution in [-0.2, 0) is 13.1 Å². The minimum Gasteiger partial charge on any atom is -0.497 e. The molecule has 0 bridgehead atoms. The van der Waals surface area contributed by atoms with Gasteiger partial charge in [-0.1, -0.05) is 29.8 Å². The Hall–Kier alpha value is -3.26. The zero-order chi connectivity index (χ0) is 24.0. The fraction of sp³-hybridized carbons (Fsp3) is 0.240. The molecule has 2 aromatic heterocycles. The number of nitrogens with two attached hydrogens (primary N) is 1. The molecule has 3 N–H and O–H groups in total. The Morgan fingerprint density at radius 2 is 1.88 bits per heavy atom. The van der Waals surface area contributed by atoms with E-state index in [1.807, 2.05) is 55.6 Å². The van der Waals surface area contributed by atoms with Gasteiger partial charge in [0, 0.05) is 41.1 Å². The lowest BCUT2D eigenvalue weighted by Crippen LogP contribution is -2.09. The molecule has 0 saturated carbocycles. The average Bonchev–Trinajstić information content (AvgIpc) is 3.22. The molecule has 0 spiro atoms. The van der Waals surface area contributed by atoms with Gasteiger partial charge < -0.3 is 15.8 Å². The minimum atomic E-state index is 0.342. The summed E-state index contributed by atoms with van der Waals surface area (Å²) < 4.78 is 6.84. The topological polar surface area (TPSA) is 94.5 Å². The summed E-state index contributed by atoms with van der Waals surface area (Å²) in [4.78, 5) is 19.7. The molecule has 172 valence electrons. The highest BCUT2D eigenvalue weighted by Crippen LogP contribution is 2.30. The second kappa shape index (κ2) is 11.0. The van der Waals surface area contributed by atoms with Crippen LogP contribution >= 0.6 is 11.6 Å². The third kappa shape index (κ3) is 5.57. The van der Waals surface area contributed by atoms with Crippen molar-refractivity contribution in [1.82, 2.24) is 19.7 Å². The molecule has 0 unspecified atom stereocenters. The Morgan fingerprint density at radius 3 is 2.45 bits per heavy atom. The maximum Gasteiger partial charge on any atom is 0.235 e. The SMILES string of the molecule is CNCc1ccc(OC)cc1.Cc1cc(Cl)ccc1-c1c(CN)c(C)nc2nc(C=O)cn12. The summed E-state index contributed by atoms with van der Waals surface area (Å²) >= 11 is 6.05. The summed E-state index contributed by atoms with van der Waals surface area (Å²) in [5, 5.41) is 3.76. The average molecular weight is 466 g/mol. The molecule has 33 heavy (non-hydrogen) atoms. The number of fused-ring (bicyclic) bond motifs is 1. The molecule has 0 saturated heterocycles. The maximum atomic E-state index is 11.0. The van der Waals surface area contributed by atoms with E-state index in [2.05, 4.69) is 27.4 Å². The van der Waals surface area contributed by atoms with Gasteiger partial charge in [0.25, 0.3) is 0 Å². The Bertz CT molecular complexity index is 1250. The van der Waals surface area contributed by atoms with Crippen molar-refractivity contribution in [3.63, 3.8) is 0 Å². The lowest BCUT2D eigenvalue weighted by atomic mass is 10.00. The smallest absolute Gasteiger partial charge is 0.235 e. The molecular weight excluding hydrogens is 438 g/mol. The largest absolute Gasteiger partial charge is 0.497 e. The summed E-state index contributed by atoms with van der Waals surface area (Å²) in [7, 11) is 3.61. The van der Waals surface area contributed by atoms with Gasteiger partial charge in [-0.05, 0) is 56.3 Å². The minimum absolute atomic E-state index is 0.342. The van der Waals surface area contributed by atoms with E-state index < -0.39 is 0 Å². The first-order chi connectivity index (χ1) is 15.9.